The van der Waals surface area contributed by atoms with Crippen molar-refractivity contribution < 1.29 is 85.0 Å². The van der Waals surface area contributed by atoms with Gasteiger partial charge in [-0.05, 0) is 5.41 Å². The molecule has 0 unspecified atom stereocenters. The van der Waals surface area contributed by atoms with Gasteiger partial charge in [-0.3, -0.25) is 4.21 Å². The van der Waals surface area contributed by atoms with E-state index in [1.165, 1.54) is 0 Å². The third-order valence-corrected chi connectivity index (χ3v) is 6.41. The first-order chi connectivity index (χ1) is 13.0. The van der Waals surface area contributed by atoms with Crippen LogP contribution in [0.5, 0.6) is 0 Å². The first-order valence-corrected chi connectivity index (χ1v) is 18.4. The van der Waals surface area contributed by atoms with Crippen LogP contribution in [-0.2, 0) is 14.6 Å². The Kier molecular flexibility index (Phi) is 93.6. The van der Waals surface area contributed by atoms with Gasteiger partial charge in [-0.25, -0.2) is 0 Å². The zero-order valence-electron chi connectivity index (χ0n) is 14.5. The summed E-state index contributed by atoms with van der Waals surface area (Å²) in [6, 6.07) is 0. The van der Waals surface area contributed by atoms with Crippen LogP contribution in [0.4, 0.5) is 0 Å². The summed E-state index contributed by atoms with van der Waals surface area (Å²) in [6.07, 6.45) is 0. The van der Waals surface area contributed by atoms with Crippen molar-refractivity contribution in [1.82, 2.24) is 0 Å². The average Bonchev–Trinajstić information content (AvgIpc) is 2.63. The van der Waals surface area contributed by atoms with Gasteiger partial charge < -0.3 is 0 Å². The molecule has 0 fully saturated rings. The molecule has 15 heteroatoms. The van der Waals surface area contributed by atoms with Gasteiger partial charge in [-0.15, -0.1) is 69.8 Å². The second-order valence-corrected chi connectivity index (χ2v) is 10.0. The van der Waals surface area contributed by atoms with E-state index in [0.717, 1.165) is 34.9 Å². The Bertz CT molecular complexity index is 346. The summed E-state index contributed by atoms with van der Waals surface area (Å²) in [4.78, 5) is 0. The fourth-order valence-corrected chi connectivity index (χ4v) is 3.79. The number of rotatable bonds is 11. The van der Waals surface area contributed by atoms with Crippen LogP contribution in [0.3, 0.4) is 0 Å². The number of hydrogen-bond donors (Lipinski definition) is 0. The molecule has 0 saturated carbocycles. The Morgan fingerprint density at radius 1 is 0.786 bits per heavy atom. The summed E-state index contributed by atoms with van der Waals surface area (Å²) in [5, 5.41) is 1.79. The number of alkyl halides is 5. The van der Waals surface area contributed by atoms with Crippen LogP contribution >= 0.6 is 81.5 Å². The summed E-state index contributed by atoms with van der Waals surface area (Å²) >= 11 is 25.2. The fraction of sp³-hybridized carbons (Fsp3) is 0.846. The van der Waals surface area contributed by atoms with Crippen molar-refractivity contribution in [3.63, 3.8) is 0 Å². The van der Waals surface area contributed by atoms with Crippen molar-refractivity contribution in [1.29, 1.82) is 0 Å². The first-order valence-electron chi connectivity index (χ1n) is 6.91. The maximum absolute atomic E-state index is 10.6. The molecule has 0 rings (SSSR count). The maximum atomic E-state index is 10.6. The zero-order valence-corrected chi connectivity index (χ0v) is 27.0. The first kappa shape index (κ1) is 45.5. The van der Waals surface area contributed by atoms with E-state index in [2.05, 4.69) is 6.58 Å². The fourth-order valence-electron chi connectivity index (χ4n) is 0.613. The van der Waals surface area contributed by atoms with E-state index < -0.39 is 86.4 Å². The number of thioether (sulfide) groups is 2. The van der Waals surface area contributed by atoms with Gasteiger partial charge in [-0.2, -0.15) is 11.8 Å². The summed E-state index contributed by atoms with van der Waals surface area (Å²) in [7, 11) is -0.784. The van der Waals surface area contributed by atoms with Crippen molar-refractivity contribution in [2.45, 2.75) is 7.43 Å². The molecule has 28 heavy (non-hydrogen) atoms. The molecule has 0 aliphatic rings. The van der Waals surface area contributed by atoms with E-state index in [4.69, 9.17) is 61.8 Å². The summed E-state index contributed by atoms with van der Waals surface area (Å²) in [6.45, 7) is 3.50. The average molecular weight is 819 g/mol. The molecule has 0 radical (unpaired) electrons. The van der Waals surface area contributed by atoms with Crippen LogP contribution in [0.25, 0.3) is 0 Å². The molecule has 0 N–H and O–H groups in total. The van der Waals surface area contributed by atoms with Crippen molar-refractivity contribution >= 4 is 92.3 Å². The predicted octanol–water partition coefficient (Wildman–Crippen LogP) is 5.92. The minimum atomic E-state index is -2.42. The molecule has 0 aromatic heterocycles. The van der Waals surface area contributed by atoms with Crippen molar-refractivity contribution in [2.24, 2.45) is 0 Å². The molecule has 0 atom stereocenters. The number of hydrogen-bond acceptors (Lipinski definition) is 7. The molecule has 0 aliphatic carbocycles. The third-order valence-electron chi connectivity index (χ3n) is 1.37. The van der Waals surface area contributed by atoms with Crippen LogP contribution in [0.2, 0.25) is 0 Å². The van der Waals surface area contributed by atoms with Crippen LogP contribution in [0.15, 0.2) is 12.0 Å². The zero-order chi connectivity index (χ0) is 22.2. The Hall–Kier alpha value is 3.99. The van der Waals surface area contributed by atoms with Gasteiger partial charge in [-0.1, -0.05) is 14.0 Å². The molecular weight excluding hydrogens is 790 g/mol. The van der Waals surface area contributed by atoms with Gasteiger partial charge in [0.1, 0.15) is 0 Å². The standard InChI is InChI=1S/C4H8Cl2OS.C4H8Cl2S.C4H7ClS.CH4.2Ce.4O.H2/c5-1-3-8(7)4-2-6;5-1-3-7-4-2-6;1-2-6-4-3-5;;;;;;;;/h1-4H2;1-4H2;2H,1,3-4H2;1H4;;;;;;;1H. The molecule has 5 nitrogen and oxygen atoms in total. The van der Waals surface area contributed by atoms with E-state index >= 15 is 0 Å². The predicted molar refractivity (Wildman–Crippen MR) is 123 cm³/mol. The third kappa shape index (κ3) is 87.3. The van der Waals surface area contributed by atoms with E-state index in [-0.39, 0.29) is 8.85 Å². The van der Waals surface area contributed by atoms with E-state index in [9.17, 15) is 4.21 Å². The van der Waals surface area contributed by atoms with Crippen LogP contribution < -0.4 is 0 Å². The monoisotopic (exact) mass is 816 g/mol. The van der Waals surface area contributed by atoms with E-state index in [0.29, 0.717) is 23.3 Å². The summed E-state index contributed by atoms with van der Waals surface area (Å²) in [5.41, 5.74) is 0. The summed E-state index contributed by atoms with van der Waals surface area (Å²) < 4.78 is 44.9. The van der Waals surface area contributed by atoms with Gasteiger partial charge >= 0.3 is 79.4 Å². The van der Waals surface area contributed by atoms with Crippen LogP contribution in [0.1, 0.15) is 8.85 Å². The minimum absolute atomic E-state index is 0. The Labute approximate surface area is 250 Å². The second kappa shape index (κ2) is 57.6. The van der Waals surface area contributed by atoms with Gasteiger partial charge in [0.25, 0.3) is 0 Å². The molecule has 172 valence electrons. The van der Waals surface area contributed by atoms with Gasteiger partial charge in [0.15, 0.2) is 0 Å². The van der Waals surface area contributed by atoms with Crippen LogP contribution in [0, 0.1) is 75.6 Å². The number of halogens is 5. The van der Waals surface area contributed by atoms with Crippen molar-refractivity contribution in [3.05, 3.63) is 12.0 Å². The molecule has 0 aliphatic heterocycles. The van der Waals surface area contributed by atoms with E-state index in [1.54, 1.807) is 28.9 Å². The topological polar surface area (TPSA) is 85.3 Å². The van der Waals surface area contributed by atoms with Crippen molar-refractivity contribution in [3.8, 4) is 0 Å². The molecule has 0 saturated heterocycles. The van der Waals surface area contributed by atoms with E-state index in [1.807, 2.05) is 0 Å². The SMILES string of the molecule is C.C=CSCCCl.ClCCSCCCl.O=S(CCCl)CCCl.[HH].[O]=[Ce]=[O].[O]=[Ce]=[O]. The molecule has 0 aromatic rings. The second-order valence-electron chi connectivity index (χ2n) is 3.11. The molecule has 0 heterocycles. The van der Waals surface area contributed by atoms with Gasteiger partial charge in [0.2, 0.25) is 0 Å². The quantitative estimate of drug-likeness (QED) is 0.189. The van der Waals surface area contributed by atoms with Crippen molar-refractivity contribution in [2.75, 3.05) is 58.2 Å². The van der Waals surface area contributed by atoms with Gasteiger partial charge in [0, 0.05) is 70.4 Å². The molecule has 0 aromatic carbocycles. The molecule has 0 spiro atoms. The normalized spacial score (nSPS) is 7.64. The Morgan fingerprint density at radius 2 is 1.11 bits per heavy atom. The Balaban J connectivity index is -0.0000000430. The van der Waals surface area contributed by atoms with Gasteiger partial charge in [0.05, 0.1) is 0 Å². The molecular formula is C13H29Ce2Cl5O5S3. The molecule has 0 bridgehead atoms. The van der Waals surface area contributed by atoms with Crippen LogP contribution in [-0.4, -0.2) is 62.4 Å². The Morgan fingerprint density at radius 3 is 1.29 bits per heavy atom. The molecule has 0 amide bonds. The summed E-state index contributed by atoms with van der Waals surface area (Å²) in [5.74, 6) is 7.27.